The van der Waals surface area contributed by atoms with E-state index in [9.17, 15) is 9.90 Å². The molecule has 2 aliphatic carbocycles. The van der Waals surface area contributed by atoms with Gasteiger partial charge in [0.2, 0.25) is 0 Å². The molecule has 0 aromatic heterocycles. The molecule has 0 saturated heterocycles. The number of fused-ring (bicyclic) bond motifs is 1. The lowest BCUT2D eigenvalue weighted by atomic mass is 9.62. The number of allylic oxidation sites excluding steroid dienone is 4. The van der Waals surface area contributed by atoms with Gasteiger partial charge in [-0.25, -0.2) is 0 Å². The average Bonchev–Trinajstić information content (AvgIpc) is 2.73. The first-order valence-corrected chi connectivity index (χ1v) is 7.56. The molecule has 0 aromatic carbocycles. The lowest BCUT2D eigenvalue weighted by molar-refractivity contribution is -0.104. The fourth-order valence-electron chi connectivity index (χ4n) is 4.54. The van der Waals surface area contributed by atoms with Crippen LogP contribution >= 0.6 is 0 Å². The molecule has 2 fully saturated rings. The normalized spacial score (nSPS) is 40.7. The van der Waals surface area contributed by atoms with Crippen molar-refractivity contribution in [3.05, 3.63) is 24.3 Å². The van der Waals surface area contributed by atoms with Crippen molar-refractivity contribution in [2.75, 3.05) is 0 Å². The number of carbonyl (C=O) groups is 1. The van der Waals surface area contributed by atoms with E-state index < -0.39 is 0 Å². The van der Waals surface area contributed by atoms with E-state index in [1.807, 2.05) is 6.08 Å². The highest BCUT2D eigenvalue weighted by atomic mass is 16.3. The van der Waals surface area contributed by atoms with E-state index in [4.69, 9.17) is 0 Å². The van der Waals surface area contributed by atoms with Crippen LogP contribution in [0.1, 0.15) is 46.0 Å². The van der Waals surface area contributed by atoms with Crippen LogP contribution in [-0.2, 0) is 4.79 Å². The number of hydrogen-bond acceptors (Lipinski definition) is 2. The van der Waals surface area contributed by atoms with Crippen molar-refractivity contribution >= 4 is 6.29 Å². The molecule has 2 aliphatic rings. The zero-order valence-corrected chi connectivity index (χ0v) is 12.1. The predicted molar refractivity (Wildman–Crippen MR) is 77.7 cm³/mol. The summed E-state index contributed by atoms with van der Waals surface area (Å²) < 4.78 is 0. The first-order chi connectivity index (χ1) is 9.09. The molecule has 0 heterocycles. The number of aliphatic hydroxyl groups is 1. The van der Waals surface area contributed by atoms with Crippen molar-refractivity contribution in [1.82, 2.24) is 0 Å². The molecule has 0 amide bonds. The van der Waals surface area contributed by atoms with Crippen LogP contribution in [0.3, 0.4) is 0 Å². The van der Waals surface area contributed by atoms with E-state index in [1.165, 1.54) is 25.3 Å². The zero-order valence-electron chi connectivity index (χ0n) is 12.1. The van der Waals surface area contributed by atoms with E-state index in [0.717, 1.165) is 19.1 Å². The van der Waals surface area contributed by atoms with E-state index >= 15 is 0 Å². The minimum atomic E-state index is -0.0881. The van der Waals surface area contributed by atoms with Crippen molar-refractivity contribution in [1.29, 1.82) is 0 Å². The van der Waals surface area contributed by atoms with Crippen LogP contribution in [0.4, 0.5) is 0 Å². The summed E-state index contributed by atoms with van der Waals surface area (Å²) in [5.41, 5.74) is 0.301. The summed E-state index contributed by atoms with van der Waals surface area (Å²) in [5.74, 6) is 1.66. The topological polar surface area (TPSA) is 37.3 Å². The van der Waals surface area contributed by atoms with E-state index in [-0.39, 0.29) is 6.10 Å². The Morgan fingerprint density at radius 1 is 1.21 bits per heavy atom. The molecule has 0 bridgehead atoms. The maximum atomic E-state index is 10.2. The smallest absolute Gasteiger partial charge is 0.142 e. The predicted octanol–water partition coefficient (Wildman–Crippen LogP) is 3.51. The average molecular weight is 262 g/mol. The second kappa shape index (κ2) is 6.04. The van der Waals surface area contributed by atoms with Gasteiger partial charge in [0.15, 0.2) is 0 Å². The fraction of sp³-hybridized carbons (Fsp3) is 0.706. The summed E-state index contributed by atoms with van der Waals surface area (Å²) in [6.45, 7) is 4.65. The van der Waals surface area contributed by atoms with Gasteiger partial charge in [-0.15, -0.1) is 0 Å². The van der Waals surface area contributed by atoms with E-state index in [1.54, 1.807) is 6.08 Å². The Hall–Kier alpha value is -0.890. The molecule has 2 heteroatoms. The third-order valence-electron chi connectivity index (χ3n) is 5.51. The third-order valence-corrected chi connectivity index (χ3v) is 5.51. The fourth-order valence-corrected chi connectivity index (χ4v) is 4.54. The Morgan fingerprint density at radius 3 is 2.74 bits per heavy atom. The quantitative estimate of drug-likeness (QED) is 0.478. The minimum Gasteiger partial charge on any atom is -0.393 e. The molecular formula is C17H26O2. The Kier molecular flexibility index (Phi) is 4.62. The monoisotopic (exact) mass is 262 g/mol. The van der Waals surface area contributed by atoms with E-state index in [0.29, 0.717) is 23.2 Å². The molecular weight excluding hydrogens is 236 g/mol. The van der Waals surface area contributed by atoms with Crippen LogP contribution in [0, 0.1) is 23.2 Å². The van der Waals surface area contributed by atoms with Gasteiger partial charge in [-0.2, -0.15) is 0 Å². The summed E-state index contributed by atoms with van der Waals surface area (Å²) in [4.78, 5) is 10.2. The lowest BCUT2D eigenvalue weighted by Gasteiger charge is -2.44. The van der Waals surface area contributed by atoms with Gasteiger partial charge in [0.25, 0.3) is 0 Å². The SMILES string of the molecule is C[C@H](/C=C/C=C/C=O)C1CCC2C(O)CCCC21C. The number of hydrogen-bond donors (Lipinski definition) is 1. The maximum Gasteiger partial charge on any atom is 0.142 e. The molecule has 0 aromatic rings. The number of carbonyl (C=O) groups excluding carboxylic acids is 1. The van der Waals surface area contributed by atoms with Crippen LogP contribution < -0.4 is 0 Å². The summed E-state index contributed by atoms with van der Waals surface area (Å²) in [6.07, 6.45) is 14.0. The molecule has 106 valence electrons. The first-order valence-electron chi connectivity index (χ1n) is 7.56. The number of aldehydes is 1. The van der Waals surface area contributed by atoms with Gasteiger partial charge in [0.1, 0.15) is 6.29 Å². The molecule has 1 N–H and O–H groups in total. The van der Waals surface area contributed by atoms with Gasteiger partial charge in [-0.1, -0.05) is 38.5 Å². The highest BCUT2D eigenvalue weighted by Gasteiger charge is 2.51. The summed E-state index contributed by atoms with van der Waals surface area (Å²) in [5, 5.41) is 10.2. The Bertz CT molecular complexity index is 371. The van der Waals surface area contributed by atoms with Gasteiger partial charge in [-0.3, -0.25) is 4.79 Å². The van der Waals surface area contributed by atoms with Crippen LogP contribution in [0.15, 0.2) is 24.3 Å². The summed E-state index contributed by atoms with van der Waals surface area (Å²) in [6, 6.07) is 0. The van der Waals surface area contributed by atoms with Gasteiger partial charge in [0, 0.05) is 0 Å². The lowest BCUT2D eigenvalue weighted by Crippen LogP contribution is -2.41. The van der Waals surface area contributed by atoms with Crippen LogP contribution in [-0.4, -0.2) is 17.5 Å². The highest BCUT2D eigenvalue weighted by Crippen LogP contribution is 2.57. The molecule has 4 unspecified atom stereocenters. The molecule has 2 saturated carbocycles. The standard InChI is InChI=1S/C17H26O2/c1-13(7-4-3-5-12-18)14-9-10-15-16(19)8-6-11-17(14,15)2/h3-5,7,12-16,19H,6,8-11H2,1-2H3/b5-3+,7-4+/t13-,14?,15?,16?,17?/m1/s1. The molecule has 2 nitrogen and oxygen atoms in total. The third kappa shape index (κ3) is 2.84. The Labute approximate surface area is 116 Å². The summed E-state index contributed by atoms with van der Waals surface area (Å²) >= 11 is 0. The van der Waals surface area contributed by atoms with Crippen molar-refractivity contribution in [3.63, 3.8) is 0 Å². The molecule has 19 heavy (non-hydrogen) atoms. The second-order valence-corrected chi connectivity index (χ2v) is 6.52. The molecule has 0 spiro atoms. The Morgan fingerprint density at radius 2 is 2.00 bits per heavy atom. The largest absolute Gasteiger partial charge is 0.393 e. The molecule has 2 rings (SSSR count). The van der Waals surface area contributed by atoms with Crippen LogP contribution in [0.2, 0.25) is 0 Å². The summed E-state index contributed by atoms with van der Waals surface area (Å²) in [7, 11) is 0. The van der Waals surface area contributed by atoms with Crippen molar-refractivity contribution < 1.29 is 9.90 Å². The van der Waals surface area contributed by atoms with Crippen molar-refractivity contribution in [3.8, 4) is 0 Å². The van der Waals surface area contributed by atoms with Crippen molar-refractivity contribution in [2.45, 2.75) is 52.1 Å². The van der Waals surface area contributed by atoms with Crippen molar-refractivity contribution in [2.24, 2.45) is 23.2 Å². The molecule has 0 radical (unpaired) electrons. The number of rotatable bonds is 4. The van der Waals surface area contributed by atoms with Crippen LogP contribution in [0.5, 0.6) is 0 Å². The van der Waals surface area contributed by atoms with Gasteiger partial charge >= 0.3 is 0 Å². The Balaban J connectivity index is 2.06. The van der Waals surface area contributed by atoms with Gasteiger partial charge < -0.3 is 5.11 Å². The zero-order chi connectivity index (χ0) is 13.9. The van der Waals surface area contributed by atoms with Gasteiger partial charge in [-0.05, 0) is 54.9 Å². The minimum absolute atomic E-state index is 0.0881. The molecule has 0 aliphatic heterocycles. The molecule has 5 atom stereocenters. The maximum absolute atomic E-state index is 10.2. The van der Waals surface area contributed by atoms with E-state index in [2.05, 4.69) is 19.9 Å². The number of aliphatic hydroxyl groups excluding tert-OH is 1. The first kappa shape index (κ1) is 14.5. The highest BCUT2D eigenvalue weighted by molar-refractivity contribution is 5.65. The van der Waals surface area contributed by atoms with Gasteiger partial charge in [0.05, 0.1) is 6.10 Å². The van der Waals surface area contributed by atoms with Crippen LogP contribution in [0.25, 0.3) is 0 Å². The second-order valence-electron chi connectivity index (χ2n) is 6.52.